The van der Waals surface area contributed by atoms with E-state index in [9.17, 15) is 0 Å². The zero-order valence-electron chi connectivity index (χ0n) is 9.49. The molecule has 2 unspecified atom stereocenters. The van der Waals surface area contributed by atoms with Crippen molar-refractivity contribution in [1.82, 2.24) is 9.55 Å². The molecular formula is C13H15N3O. The van der Waals surface area contributed by atoms with Gasteiger partial charge in [-0.3, -0.25) is 0 Å². The summed E-state index contributed by atoms with van der Waals surface area (Å²) < 4.78 is 7.70. The molecule has 88 valence electrons. The maximum absolute atomic E-state index is 6.04. The summed E-state index contributed by atoms with van der Waals surface area (Å²) >= 11 is 0. The van der Waals surface area contributed by atoms with Gasteiger partial charge in [0, 0.05) is 30.7 Å². The molecule has 2 heterocycles. The fourth-order valence-electron chi connectivity index (χ4n) is 2.20. The van der Waals surface area contributed by atoms with Crippen LogP contribution in [-0.2, 0) is 4.74 Å². The minimum Gasteiger partial charge on any atom is -0.369 e. The van der Waals surface area contributed by atoms with Crippen LogP contribution < -0.4 is 5.73 Å². The van der Waals surface area contributed by atoms with Crippen molar-refractivity contribution < 1.29 is 4.74 Å². The Labute approximate surface area is 100 Å². The minimum atomic E-state index is -0.0924. The first-order valence-electron chi connectivity index (χ1n) is 5.82. The molecule has 4 nitrogen and oxygen atoms in total. The zero-order chi connectivity index (χ0) is 11.7. The number of hydrogen-bond acceptors (Lipinski definition) is 3. The lowest BCUT2D eigenvalue weighted by molar-refractivity contribution is 0.0968. The molecule has 1 fully saturated rings. The Morgan fingerprint density at radius 3 is 2.82 bits per heavy atom. The molecule has 0 radical (unpaired) electrons. The van der Waals surface area contributed by atoms with Gasteiger partial charge in [0.1, 0.15) is 11.9 Å². The van der Waals surface area contributed by atoms with E-state index in [4.69, 9.17) is 10.5 Å². The molecule has 17 heavy (non-hydrogen) atoms. The molecule has 3 rings (SSSR count). The van der Waals surface area contributed by atoms with Crippen molar-refractivity contribution >= 4 is 0 Å². The fraction of sp³-hybridized carbons (Fsp3) is 0.308. The highest BCUT2D eigenvalue weighted by molar-refractivity contribution is 5.33. The van der Waals surface area contributed by atoms with Crippen molar-refractivity contribution in [2.45, 2.75) is 18.6 Å². The highest BCUT2D eigenvalue weighted by Gasteiger charge is 2.30. The molecule has 2 atom stereocenters. The molecule has 0 saturated carbocycles. The Morgan fingerprint density at radius 2 is 2.12 bits per heavy atom. The minimum absolute atomic E-state index is 0.0415. The van der Waals surface area contributed by atoms with Gasteiger partial charge in [0.15, 0.2) is 0 Å². The lowest BCUT2D eigenvalue weighted by atomic mass is 10.1. The van der Waals surface area contributed by atoms with E-state index in [1.807, 2.05) is 41.1 Å². The Bertz CT molecular complexity index is 494. The topological polar surface area (TPSA) is 53.1 Å². The summed E-state index contributed by atoms with van der Waals surface area (Å²) in [5.41, 5.74) is 7.12. The zero-order valence-corrected chi connectivity index (χ0v) is 9.49. The van der Waals surface area contributed by atoms with Gasteiger partial charge < -0.3 is 15.0 Å². The number of rotatable bonds is 2. The van der Waals surface area contributed by atoms with Gasteiger partial charge in [0.25, 0.3) is 0 Å². The van der Waals surface area contributed by atoms with E-state index >= 15 is 0 Å². The van der Waals surface area contributed by atoms with Crippen LogP contribution in [0.5, 0.6) is 0 Å². The van der Waals surface area contributed by atoms with Crippen molar-refractivity contribution in [2.24, 2.45) is 5.73 Å². The van der Waals surface area contributed by atoms with Crippen LogP contribution in [0.4, 0.5) is 0 Å². The molecule has 0 aliphatic carbocycles. The first kappa shape index (κ1) is 10.5. The predicted molar refractivity (Wildman–Crippen MR) is 64.8 cm³/mol. The first-order chi connectivity index (χ1) is 8.36. The number of nitrogens with two attached hydrogens (primary N) is 1. The Hall–Kier alpha value is -1.65. The third-order valence-corrected chi connectivity index (χ3v) is 3.10. The third-order valence-electron chi connectivity index (χ3n) is 3.10. The van der Waals surface area contributed by atoms with E-state index in [0.29, 0.717) is 6.61 Å². The standard InChI is InChI=1S/C13H15N3O/c14-11-6-9-17-12(11)13-15-7-8-16(13)10-4-2-1-3-5-10/h1-5,7-8,11-12H,6,9,14H2. The summed E-state index contributed by atoms with van der Waals surface area (Å²) in [5, 5.41) is 0. The molecule has 0 amide bonds. The van der Waals surface area contributed by atoms with Gasteiger partial charge >= 0.3 is 0 Å². The average molecular weight is 229 g/mol. The van der Waals surface area contributed by atoms with Gasteiger partial charge in [-0.1, -0.05) is 18.2 Å². The lowest BCUT2D eigenvalue weighted by Gasteiger charge is -2.16. The van der Waals surface area contributed by atoms with Crippen LogP contribution in [0.2, 0.25) is 0 Å². The SMILES string of the molecule is NC1CCOC1c1nccn1-c1ccccc1. The Balaban J connectivity index is 2.00. The van der Waals surface area contributed by atoms with Crippen LogP contribution in [0.3, 0.4) is 0 Å². The highest BCUT2D eigenvalue weighted by atomic mass is 16.5. The van der Waals surface area contributed by atoms with Crippen molar-refractivity contribution in [3.05, 3.63) is 48.5 Å². The fourth-order valence-corrected chi connectivity index (χ4v) is 2.20. The summed E-state index contributed by atoms with van der Waals surface area (Å²) in [6, 6.07) is 10.2. The Kier molecular flexibility index (Phi) is 2.66. The number of hydrogen-bond donors (Lipinski definition) is 1. The summed E-state index contributed by atoms with van der Waals surface area (Å²) in [6.07, 6.45) is 4.53. The number of ether oxygens (including phenoxy) is 1. The van der Waals surface area contributed by atoms with Gasteiger partial charge in [-0.15, -0.1) is 0 Å². The monoisotopic (exact) mass is 229 g/mol. The molecular weight excluding hydrogens is 214 g/mol. The molecule has 1 aliphatic rings. The highest BCUT2D eigenvalue weighted by Crippen LogP contribution is 2.28. The second-order valence-corrected chi connectivity index (χ2v) is 4.23. The van der Waals surface area contributed by atoms with Crippen LogP contribution in [0.15, 0.2) is 42.7 Å². The van der Waals surface area contributed by atoms with E-state index in [-0.39, 0.29) is 12.1 Å². The number of imidazole rings is 1. The molecule has 2 aromatic rings. The van der Waals surface area contributed by atoms with Crippen molar-refractivity contribution in [2.75, 3.05) is 6.61 Å². The summed E-state index contributed by atoms with van der Waals surface area (Å²) in [5.74, 6) is 0.890. The molecule has 1 saturated heterocycles. The van der Waals surface area contributed by atoms with Gasteiger partial charge in [0.05, 0.1) is 0 Å². The van der Waals surface area contributed by atoms with E-state index < -0.39 is 0 Å². The molecule has 1 aromatic heterocycles. The molecule has 0 spiro atoms. The van der Waals surface area contributed by atoms with Gasteiger partial charge in [0.2, 0.25) is 0 Å². The molecule has 1 aliphatic heterocycles. The summed E-state index contributed by atoms with van der Waals surface area (Å²) in [6.45, 7) is 0.716. The Morgan fingerprint density at radius 1 is 1.29 bits per heavy atom. The van der Waals surface area contributed by atoms with Gasteiger partial charge in [-0.05, 0) is 18.6 Å². The number of para-hydroxylation sites is 1. The number of nitrogens with zero attached hydrogens (tertiary/aromatic N) is 2. The van der Waals surface area contributed by atoms with E-state index in [2.05, 4.69) is 4.98 Å². The quantitative estimate of drug-likeness (QED) is 0.852. The normalized spacial score (nSPS) is 24.1. The van der Waals surface area contributed by atoms with Crippen molar-refractivity contribution in [3.63, 3.8) is 0 Å². The predicted octanol–water partition coefficient (Wildman–Crippen LogP) is 1.66. The van der Waals surface area contributed by atoms with Crippen LogP contribution in [0.25, 0.3) is 5.69 Å². The van der Waals surface area contributed by atoms with E-state index in [0.717, 1.165) is 17.9 Å². The third kappa shape index (κ3) is 1.85. The van der Waals surface area contributed by atoms with E-state index in [1.165, 1.54) is 0 Å². The number of aromatic nitrogens is 2. The van der Waals surface area contributed by atoms with Crippen LogP contribution in [-0.4, -0.2) is 22.2 Å². The average Bonchev–Trinajstić information content (AvgIpc) is 2.98. The molecule has 2 N–H and O–H groups in total. The van der Waals surface area contributed by atoms with Crippen LogP contribution >= 0.6 is 0 Å². The molecule has 1 aromatic carbocycles. The molecule has 4 heteroatoms. The second-order valence-electron chi connectivity index (χ2n) is 4.23. The van der Waals surface area contributed by atoms with Crippen LogP contribution in [0, 0.1) is 0 Å². The second kappa shape index (κ2) is 4.31. The van der Waals surface area contributed by atoms with Gasteiger partial charge in [-0.25, -0.2) is 4.98 Å². The lowest BCUT2D eigenvalue weighted by Crippen LogP contribution is -2.25. The maximum atomic E-state index is 6.04. The largest absolute Gasteiger partial charge is 0.369 e. The molecule has 0 bridgehead atoms. The van der Waals surface area contributed by atoms with Gasteiger partial charge in [-0.2, -0.15) is 0 Å². The smallest absolute Gasteiger partial charge is 0.144 e. The van der Waals surface area contributed by atoms with Crippen molar-refractivity contribution in [1.29, 1.82) is 0 Å². The van der Waals surface area contributed by atoms with Crippen LogP contribution in [0.1, 0.15) is 18.3 Å². The summed E-state index contributed by atoms with van der Waals surface area (Å²) in [7, 11) is 0. The van der Waals surface area contributed by atoms with E-state index in [1.54, 1.807) is 6.20 Å². The summed E-state index contributed by atoms with van der Waals surface area (Å²) in [4.78, 5) is 4.38. The number of benzene rings is 1. The maximum Gasteiger partial charge on any atom is 0.144 e. The van der Waals surface area contributed by atoms with Crippen molar-refractivity contribution in [3.8, 4) is 5.69 Å². The first-order valence-corrected chi connectivity index (χ1v) is 5.82.